The number of hydrogen-bond donors (Lipinski definition) is 2. The van der Waals surface area contributed by atoms with Crippen LogP contribution in [0.1, 0.15) is 61.0 Å². The molecule has 348 valence electrons. The molecule has 0 bridgehead atoms. The summed E-state index contributed by atoms with van der Waals surface area (Å²) in [5.41, 5.74) is 10.3. The Morgan fingerprint density at radius 3 is 1.25 bits per heavy atom. The molecule has 6 aromatic carbocycles. The molecule has 0 unspecified atom stereocenters. The van der Waals surface area contributed by atoms with Crippen LogP contribution in [-0.2, 0) is 4.79 Å². The number of nitrogens with one attached hydrogen (secondary N) is 1. The number of hydrogen-bond acceptors (Lipinski definition) is 10. The Morgan fingerprint density at radius 1 is 0.567 bits per heavy atom. The molecule has 3 N–H and O–H groups in total. The molecule has 0 aliphatic carbocycles. The quantitative estimate of drug-likeness (QED) is 0.0613. The van der Waals surface area contributed by atoms with Crippen LogP contribution in [0.15, 0.2) is 146 Å². The highest BCUT2D eigenvalue weighted by atomic mass is 19.1. The number of carbonyl (C=O) groups excluding carboxylic acids is 1. The first-order chi connectivity index (χ1) is 32.5. The lowest BCUT2D eigenvalue weighted by atomic mass is 9.96. The zero-order valence-electron chi connectivity index (χ0n) is 37.7. The molecule has 15 heteroatoms. The van der Waals surface area contributed by atoms with Gasteiger partial charge in [0.15, 0.2) is 11.6 Å². The van der Waals surface area contributed by atoms with Crippen molar-refractivity contribution in [1.82, 2.24) is 9.80 Å². The number of nitro benzene ring substituents is 2. The number of nitrogens with two attached hydrogens (primary N) is 1. The Morgan fingerprint density at radius 2 is 0.910 bits per heavy atom. The van der Waals surface area contributed by atoms with Gasteiger partial charge in [-0.2, -0.15) is 0 Å². The van der Waals surface area contributed by atoms with Gasteiger partial charge in [-0.3, -0.25) is 34.8 Å². The van der Waals surface area contributed by atoms with Crippen LogP contribution in [0, 0.1) is 37.8 Å². The van der Waals surface area contributed by atoms with Crippen LogP contribution in [0.5, 0.6) is 0 Å². The Hall–Kier alpha value is -7.23. The predicted molar refractivity (Wildman–Crippen MR) is 260 cm³/mol. The van der Waals surface area contributed by atoms with E-state index in [1.54, 1.807) is 0 Å². The lowest BCUT2D eigenvalue weighted by Crippen LogP contribution is -2.48. The molecule has 0 atom stereocenters. The first-order valence-electron chi connectivity index (χ1n) is 22.7. The van der Waals surface area contributed by atoms with Gasteiger partial charge in [0, 0.05) is 58.3 Å². The van der Waals surface area contributed by atoms with Gasteiger partial charge < -0.3 is 20.9 Å². The summed E-state index contributed by atoms with van der Waals surface area (Å²) in [4.78, 5) is 42.5. The van der Waals surface area contributed by atoms with Gasteiger partial charge in [-0.1, -0.05) is 135 Å². The van der Waals surface area contributed by atoms with Crippen LogP contribution < -0.4 is 20.9 Å². The Balaban J connectivity index is 0.000000203. The van der Waals surface area contributed by atoms with Crippen LogP contribution in [0.4, 0.5) is 42.9 Å². The van der Waals surface area contributed by atoms with E-state index in [4.69, 9.17) is 5.73 Å². The maximum Gasteiger partial charge on any atom is 0.295 e. The topological polar surface area (TPSA) is 154 Å². The number of amides is 1. The number of nitro groups is 2. The zero-order valence-corrected chi connectivity index (χ0v) is 37.7. The molecule has 13 nitrogen and oxygen atoms in total. The largest absolute Gasteiger partial charge is 0.393 e. The Bertz CT molecular complexity index is 2510. The molecule has 0 aromatic heterocycles. The molecule has 67 heavy (non-hydrogen) atoms. The van der Waals surface area contributed by atoms with Crippen molar-refractivity contribution in [2.24, 2.45) is 5.92 Å². The van der Waals surface area contributed by atoms with E-state index in [0.29, 0.717) is 57.8 Å². The SMILES string of the molecule is CCC(CC)C(=O)Nc1cc(N2CCN(C(c3ccccc3)c3ccccc3)CC2)c(F)cc1[N+](=O)[O-].Nc1cc(N2CCN(C(c3ccccc3)c3ccccc3)CC2)c(F)cc1[N+](=O)[O-]. The van der Waals surface area contributed by atoms with E-state index < -0.39 is 32.9 Å². The third-order valence-electron chi connectivity index (χ3n) is 12.7. The van der Waals surface area contributed by atoms with Crippen LogP contribution in [0.3, 0.4) is 0 Å². The molecule has 2 fully saturated rings. The van der Waals surface area contributed by atoms with Crippen molar-refractivity contribution < 1.29 is 23.4 Å². The summed E-state index contributed by atoms with van der Waals surface area (Å²) >= 11 is 0. The van der Waals surface area contributed by atoms with Crippen molar-refractivity contribution in [2.75, 3.05) is 73.2 Å². The maximum absolute atomic E-state index is 15.1. The second-order valence-corrected chi connectivity index (χ2v) is 16.7. The minimum atomic E-state index is -0.664. The molecule has 0 saturated carbocycles. The summed E-state index contributed by atoms with van der Waals surface area (Å²) in [6, 6.07) is 46.1. The highest BCUT2D eigenvalue weighted by Gasteiger charge is 2.31. The number of nitrogen functional groups attached to an aromatic ring is 1. The minimum absolute atomic E-state index is 0.0229. The zero-order chi connectivity index (χ0) is 47.5. The second kappa shape index (κ2) is 22.3. The van der Waals surface area contributed by atoms with E-state index in [1.807, 2.05) is 96.4 Å². The highest BCUT2D eigenvalue weighted by molar-refractivity contribution is 5.95. The molecular formula is C52H56F2N8O5. The van der Waals surface area contributed by atoms with E-state index >= 15 is 4.39 Å². The van der Waals surface area contributed by atoms with Crippen LogP contribution in [0.25, 0.3) is 0 Å². The Kier molecular flexibility index (Phi) is 15.9. The third kappa shape index (κ3) is 11.4. The molecule has 2 heterocycles. The van der Waals surface area contributed by atoms with Gasteiger partial charge in [-0.15, -0.1) is 0 Å². The van der Waals surface area contributed by atoms with Gasteiger partial charge in [0.25, 0.3) is 11.4 Å². The molecule has 8 rings (SSSR count). The Labute approximate surface area is 389 Å². The van der Waals surface area contributed by atoms with Gasteiger partial charge in [0.1, 0.15) is 11.4 Å². The summed E-state index contributed by atoms with van der Waals surface area (Å²) in [5, 5.41) is 25.3. The molecule has 1 amide bonds. The molecule has 2 saturated heterocycles. The summed E-state index contributed by atoms with van der Waals surface area (Å²) in [7, 11) is 0. The lowest BCUT2D eigenvalue weighted by Gasteiger charge is -2.40. The lowest BCUT2D eigenvalue weighted by molar-refractivity contribution is -0.384. The van der Waals surface area contributed by atoms with E-state index in [2.05, 4.69) is 63.6 Å². The van der Waals surface area contributed by atoms with Crippen molar-refractivity contribution in [1.29, 1.82) is 0 Å². The van der Waals surface area contributed by atoms with E-state index in [-0.39, 0.29) is 41.0 Å². The predicted octanol–water partition coefficient (Wildman–Crippen LogP) is 10.2. The number of halogens is 2. The van der Waals surface area contributed by atoms with E-state index in [1.165, 1.54) is 34.4 Å². The normalized spacial score (nSPS) is 14.5. The van der Waals surface area contributed by atoms with Gasteiger partial charge in [0.05, 0.1) is 45.4 Å². The van der Waals surface area contributed by atoms with Gasteiger partial charge in [-0.05, 0) is 47.2 Å². The fraction of sp³-hybridized carbons (Fsp3) is 0.288. The molecule has 6 aromatic rings. The summed E-state index contributed by atoms with van der Waals surface area (Å²) < 4.78 is 29.7. The monoisotopic (exact) mass is 910 g/mol. The summed E-state index contributed by atoms with van der Waals surface area (Å²) in [5.74, 6) is -1.83. The van der Waals surface area contributed by atoms with Crippen LogP contribution >= 0.6 is 0 Å². The van der Waals surface area contributed by atoms with Crippen molar-refractivity contribution >= 4 is 40.0 Å². The average Bonchev–Trinajstić information content (AvgIpc) is 3.35. The van der Waals surface area contributed by atoms with Crippen LogP contribution in [0.2, 0.25) is 0 Å². The average molecular weight is 911 g/mol. The second-order valence-electron chi connectivity index (χ2n) is 16.7. The number of nitrogens with zero attached hydrogens (tertiary/aromatic N) is 6. The first-order valence-corrected chi connectivity index (χ1v) is 22.7. The van der Waals surface area contributed by atoms with E-state index in [0.717, 1.165) is 25.2 Å². The molecule has 2 aliphatic heterocycles. The smallest absolute Gasteiger partial charge is 0.295 e. The van der Waals surface area contributed by atoms with Gasteiger partial charge >= 0.3 is 0 Å². The number of piperazine rings is 2. The third-order valence-corrected chi connectivity index (χ3v) is 12.7. The van der Waals surface area contributed by atoms with Gasteiger partial charge in [0.2, 0.25) is 5.91 Å². The minimum Gasteiger partial charge on any atom is -0.393 e. The number of anilines is 4. The number of rotatable bonds is 14. The van der Waals surface area contributed by atoms with Crippen molar-refractivity contribution in [3.63, 3.8) is 0 Å². The standard InChI is InChI=1S/C29H33FN4O3.C23H23FN4O2/c1-3-21(4-2)29(35)31-25-20-26(24(30)19-27(25)34(36)37)32-15-17-33(18-16-32)28(22-11-7-5-8-12-22)23-13-9-6-10-14-23;24-19-15-22(28(29)30)20(25)16-21(19)26-11-13-27(14-12-26)23(17-7-3-1-4-8-17)18-9-5-2-6-10-18/h5-14,19-21,28H,3-4,15-18H2,1-2H3,(H,31,35);1-10,15-16,23H,11-14,25H2. The number of carbonyl (C=O) groups is 1. The molecular weight excluding hydrogens is 855 g/mol. The fourth-order valence-electron chi connectivity index (χ4n) is 9.12. The fourth-order valence-corrected chi connectivity index (χ4v) is 9.12. The van der Waals surface area contributed by atoms with Crippen molar-refractivity contribution in [2.45, 2.75) is 38.8 Å². The first kappa shape index (κ1) is 47.7. The van der Waals surface area contributed by atoms with Crippen LogP contribution in [-0.4, -0.2) is 77.9 Å². The molecule has 0 radical (unpaired) electrons. The molecule has 0 spiro atoms. The summed E-state index contributed by atoms with van der Waals surface area (Å²) in [6.45, 7) is 8.91. The van der Waals surface area contributed by atoms with Crippen molar-refractivity contribution in [3.8, 4) is 0 Å². The summed E-state index contributed by atoms with van der Waals surface area (Å²) in [6.07, 6.45) is 1.24. The van der Waals surface area contributed by atoms with E-state index in [9.17, 15) is 29.4 Å². The maximum atomic E-state index is 15.1. The number of benzene rings is 6. The van der Waals surface area contributed by atoms with Gasteiger partial charge in [-0.25, -0.2) is 8.78 Å². The van der Waals surface area contributed by atoms with Crippen molar-refractivity contribution in [3.05, 3.63) is 200 Å². The highest BCUT2D eigenvalue weighted by Crippen LogP contribution is 2.37. The molecule has 2 aliphatic rings.